The number of nitrogens with zero attached hydrogens (tertiary/aromatic N) is 1. The predicted octanol–water partition coefficient (Wildman–Crippen LogP) is -1.30. The van der Waals surface area contributed by atoms with Crippen LogP contribution in [0.5, 0.6) is 0 Å². The van der Waals surface area contributed by atoms with Gasteiger partial charge in [0.1, 0.15) is 0 Å². The first-order valence-electron chi connectivity index (χ1n) is 3.21. The van der Waals surface area contributed by atoms with Gasteiger partial charge in [-0.15, -0.1) is 3.89 Å². The van der Waals surface area contributed by atoms with Crippen molar-refractivity contribution in [3.63, 3.8) is 0 Å². The standard InChI is InChI=1S/C3F8NO4S2.Li/c4-1(5,2(6,7)8)3(9,10)17(13,14)12-18(11,15)16;/q-1;+1. The zero-order valence-corrected chi connectivity index (χ0v) is 10.1. The minimum Gasteiger partial charge on any atom is -0.402 e. The summed E-state index contributed by atoms with van der Waals surface area (Å²) in [7, 11) is -13.9. The van der Waals surface area contributed by atoms with E-state index in [-0.39, 0.29) is 18.9 Å². The molecule has 0 bridgehead atoms. The van der Waals surface area contributed by atoms with Crippen molar-refractivity contribution >= 4 is 20.4 Å². The molecule has 19 heavy (non-hydrogen) atoms. The molecular formula is C3F8LiNO4S2. The molecule has 0 unspecified atom stereocenters. The van der Waals surface area contributed by atoms with Crippen molar-refractivity contribution in [1.29, 1.82) is 0 Å². The fraction of sp³-hybridized carbons (Fsp3) is 1.00. The molecule has 16 heteroatoms. The Labute approximate surface area is 112 Å². The van der Waals surface area contributed by atoms with Gasteiger partial charge in [-0.1, -0.05) is 0 Å². The van der Waals surface area contributed by atoms with E-state index in [2.05, 4.69) is 0 Å². The van der Waals surface area contributed by atoms with Crippen molar-refractivity contribution in [3.8, 4) is 0 Å². The summed E-state index contributed by atoms with van der Waals surface area (Å²) >= 11 is 0. The van der Waals surface area contributed by atoms with Crippen LogP contribution in [0, 0.1) is 0 Å². The Morgan fingerprint density at radius 1 is 0.789 bits per heavy atom. The molecule has 0 aromatic heterocycles. The summed E-state index contributed by atoms with van der Waals surface area (Å²) < 4.78 is 136. The minimum absolute atomic E-state index is 0. The number of halogens is 8. The molecule has 0 aliphatic rings. The molecule has 0 saturated carbocycles. The third-order valence-electron chi connectivity index (χ3n) is 1.23. The monoisotopic (exact) mass is 337 g/mol. The van der Waals surface area contributed by atoms with E-state index >= 15 is 0 Å². The van der Waals surface area contributed by atoms with Crippen LogP contribution in [-0.4, -0.2) is 34.2 Å². The van der Waals surface area contributed by atoms with Gasteiger partial charge in [-0.2, -0.15) is 30.7 Å². The van der Waals surface area contributed by atoms with Gasteiger partial charge in [0.15, 0.2) is 10.0 Å². The second-order valence-corrected chi connectivity index (χ2v) is 5.43. The summed E-state index contributed by atoms with van der Waals surface area (Å²) in [6.45, 7) is 0. The molecule has 0 aromatic rings. The first-order valence-corrected chi connectivity index (χ1v) is 5.99. The molecule has 0 rings (SSSR count). The molecule has 0 spiro atoms. The average molecular weight is 337 g/mol. The Bertz CT molecular complexity index is 523. The normalized spacial score (nSPS) is 14.9. The first kappa shape index (κ1) is 21.2. The molecule has 0 aliphatic heterocycles. The molecule has 0 aliphatic carbocycles. The van der Waals surface area contributed by atoms with E-state index in [1.807, 2.05) is 0 Å². The van der Waals surface area contributed by atoms with E-state index in [1.165, 1.54) is 0 Å². The van der Waals surface area contributed by atoms with Crippen LogP contribution in [-0.2, 0) is 20.4 Å². The van der Waals surface area contributed by atoms with Gasteiger partial charge in [-0.25, -0.2) is 16.8 Å². The zero-order chi connectivity index (χ0) is 15.2. The van der Waals surface area contributed by atoms with Gasteiger partial charge >= 0.3 is 36.2 Å². The zero-order valence-electron chi connectivity index (χ0n) is 8.42. The minimum atomic E-state index is -7.30. The van der Waals surface area contributed by atoms with Crippen LogP contribution in [0.1, 0.15) is 0 Å². The Kier molecular flexibility index (Phi) is 5.97. The van der Waals surface area contributed by atoms with Crippen molar-refractivity contribution in [3.05, 3.63) is 4.13 Å². The van der Waals surface area contributed by atoms with Crippen LogP contribution in [0.25, 0.3) is 4.13 Å². The van der Waals surface area contributed by atoms with Crippen LogP contribution in [0.2, 0.25) is 0 Å². The number of hydrogen-bond donors (Lipinski definition) is 0. The number of rotatable bonds is 4. The smallest absolute Gasteiger partial charge is 0.402 e. The van der Waals surface area contributed by atoms with Crippen LogP contribution in [0.3, 0.4) is 0 Å². The van der Waals surface area contributed by atoms with Gasteiger partial charge in [0.05, 0.1) is 0 Å². The molecule has 0 N–H and O–H groups in total. The quantitative estimate of drug-likeness (QED) is 0.363. The SMILES string of the molecule is O=S(=O)(F)[N-]S(=O)(=O)C(F)(F)C(F)(F)C(F)(F)F.[Li+]. The fourth-order valence-electron chi connectivity index (χ4n) is 0.491. The summed E-state index contributed by atoms with van der Waals surface area (Å²) in [4.78, 5) is 0. The maximum absolute atomic E-state index is 12.4. The van der Waals surface area contributed by atoms with E-state index in [4.69, 9.17) is 0 Å². The van der Waals surface area contributed by atoms with Gasteiger partial charge in [-0.3, -0.25) is 0 Å². The van der Waals surface area contributed by atoms with Crippen molar-refractivity contribution in [2.45, 2.75) is 17.4 Å². The van der Waals surface area contributed by atoms with Crippen LogP contribution < -0.4 is 18.9 Å². The second kappa shape index (κ2) is 5.35. The van der Waals surface area contributed by atoms with E-state index in [9.17, 15) is 51.5 Å². The van der Waals surface area contributed by atoms with E-state index in [1.54, 1.807) is 0 Å². The molecular weight excluding hydrogens is 337 g/mol. The van der Waals surface area contributed by atoms with Crippen LogP contribution in [0.15, 0.2) is 0 Å². The van der Waals surface area contributed by atoms with Crippen LogP contribution >= 0.6 is 0 Å². The topological polar surface area (TPSA) is 82.4 Å². The molecule has 0 radical (unpaired) electrons. The molecule has 0 atom stereocenters. The van der Waals surface area contributed by atoms with Gasteiger partial charge in [0.25, 0.3) is 0 Å². The van der Waals surface area contributed by atoms with Gasteiger partial charge < -0.3 is 4.13 Å². The van der Waals surface area contributed by atoms with E-state index in [0.717, 1.165) is 0 Å². The molecule has 110 valence electrons. The van der Waals surface area contributed by atoms with E-state index < -0.39 is 37.8 Å². The summed E-state index contributed by atoms with van der Waals surface area (Å²) in [5.74, 6) is -7.16. The molecule has 0 saturated heterocycles. The fourth-order valence-corrected chi connectivity index (χ4v) is 2.24. The Morgan fingerprint density at radius 2 is 1.11 bits per heavy atom. The molecule has 5 nitrogen and oxygen atoms in total. The third kappa shape index (κ3) is 4.18. The molecule has 0 aromatic carbocycles. The van der Waals surface area contributed by atoms with Crippen molar-refractivity contribution in [2.24, 2.45) is 0 Å². The Hall–Kier alpha value is -0.103. The number of sulfonamides is 1. The predicted molar refractivity (Wildman–Crippen MR) is 38.3 cm³/mol. The Balaban J connectivity index is 0. The molecule has 0 fully saturated rings. The second-order valence-electron chi connectivity index (χ2n) is 2.55. The Morgan fingerprint density at radius 3 is 1.32 bits per heavy atom. The third-order valence-corrected chi connectivity index (χ3v) is 3.63. The number of alkyl halides is 7. The maximum atomic E-state index is 12.4. The maximum Gasteiger partial charge on any atom is 1.00 e. The van der Waals surface area contributed by atoms with Crippen molar-refractivity contribution in [1.82, 2.24) is 0 Å². The van der Waals surface area contributed by atoms with Crippen molar-refractivity contribution in [2.75, 3.05) is 0 Å². The molecule has 0 heterocycles. The van der Waals surface area contributed by atoms with Crippen molar-refractivity contribution < 1.29 is 70.3 Å². The average Bonchev–Trinajstić information content (AvgIpc) is 1.95. The summed E-state index contributed by atoms with van der Waals surface area (Å²) in [5.41, 5.74) is 0. The number of hydrogen-bond acceptors (Lipinski definition) is 4. The summed E-state index contributed by atoms with van der Waals surface area (Å²) in [6.07, 6.45) is -7.03. The van der Waals surface area contributed by atoms with Gasteiger partial charge in [-0.05, 0) is 0 Å². The first-order chi connectivity index (χ1) is 7.46. The van der Waals surface area contributed by atoms with Crippen LogP contribution in [0.4, 0.5) is 34.6 Å². The largest absolute Gasteiger partial charge is 1.00 e. The van der Waals surface area contributed by atoms with Gasteiger partial charge in [0.2, 0.25) is 10.4 Å². The summed E-state index contributed by atoms with van der Waals surface area (Å²) in [6, 6.07) is 0. The molecule has 0 amide bonds. The summed E-state index contributed by atoms with van der Waals surface area (Å²) in [5, 5.41) is -6.99. The van der Waals surface area contributed by atoms with E-state index in [0.29, 0.717) is 4.13 Å². The van der Waals surface area contributed by atoms with Gasteiger partial charge in [0, 0.05) is 0 Å².